The van der Waals surface area contributed by atoms with Crippen LogP contribution in [0.2, 0.25) is 0 Å². The highest BCUT2D eigenvalue weighted by Crippen LogP contribution is 2.27. The van der Waals surface area contributed by atoms with Gasteiger partial charge in [0.1, 0.15) is 0 Å². The van der Waals surface area contributed by atoms with Gasteiger partial charge in [0.05, 0.1) is 6.04 Å². The summed E-state index contributed by atoms with van der Waals surface area (Å²) in [7, 11) is 0. The number of halogens is 3. The zero-order valence-electron chi connectivity index (χ0n) is 9.57. The fourth-order valence-electron chi connectivity index (χ4n) is 2.08. The van der Waals surface area contributed by atoms with Crippen molar-refractivity contribution in [2.75, 3.05) is 19.6 Å². The third-order valence-corrected chi connectivity index (χ3v) is 2.93. The molecule has 2 rings (SSSR count). The van der Waals surface area contributed by atoms with Crippen molar-refractivity contribution >= 4 is 5.91 Å². The first kappa shape index (κ1) is 12.9. The lowest BCUT2D eigenvalue weighted by molar-refractivity contribution is -0.188. The molecule has 1 N–H and O–H groups in total. The molecule has 0 saturated carbocycles. The predicted octanol–water partition coefficient (Wildman–Crippen LogP) is 1.72. The SMILES string of the molecule is O=C(N1CCNCC1c1ccccc1)C(F)(F)F. The number of piperazine rings is 1. The Morgan fingerprint density at radius 1 is 1.28 bits per heavy atom. The van der Waals surface area contributed by atoms with Gasteiger partial charge in [-0.25, -0.2) is 0 Å². The summed E-state index contributed by atoms with van der Waals surface area (Å²) >= 11 is 0. The zero-order valence-corrected chi connectivity index (χ0v) is 9.57. The van der Waals surface area contributed by atoms with E-state index in [9.17, 15) is 18.0 Å². The van der Waals surface area contributed by atoms with Gasteiger partial charge >= 0.3 is 12.1 Å². The zero-order chi connectivity index (χ0) is 13.2. The molecule has 1 atom stereocenters. The maximum atomic E-state index is 12.5. The van der Waals surface area contributed by atoms with Crippen molar-refractivity contribution in [1.82, 2.24) is 10.2 Å². The van der Waals surface area contributed by atoms with Gasteiger partial charge in [-0.3, -0.25) is 4.79 Å². The van der Waals surface area contributed by atoms with Crippen molar-refractivity contribution in [2.24, 2.45) is 0 Å². The molecule has 1 unspecified atom stereocenters. The number of carbonyl (C=O) groups is 1. The van der Waals surface area contributed by atoms with Crippen molar-refractivity contribution in [1.29, 1.82) is 0 Å². The van der Waals surface area contributed by atoms with Crippen LogP contribution in [0.5, 0.6) is 0 Å². The fourth-order valence-corrected chi connectivity index (χ4v) is 2.08. The Morgan fingerprint density at radius 3 is 2.56 bits per heavy atom. The second kappa shape index (κ2) is 4.97. The molecule has 1 aromatic carbocycles. The van der Waals surface area contributed by atoms with Crippen molar-refractivity contribution in [3.63, 3.8) is 0 Å². The molecule has 1 saturated heterocycles. The van der Waals surface area contributed by atoms with Crippen LogP contribution >= 0.6 is 0 Å². The number of hydrogen-bond donors (Lipinski definition) is 1. The quantitative estimate of drug-likeness (QED) is 0.832. The second-order valence-electron chi connectivity index (χ2n) is 4.13. The van der Waals surface area contributed by atoms with Gasteiger partial charge in [0, 0.05) is 19.6 Å². The highest BCUT2D eigenvalue weighted by Gasteiger charge is 2.45. The molecule has 1 aromatic rings. The van der Waals surface area contributed by atoms with Crippen LogP contribution in [-0.4, -0.2) is 36.6 Å². The maximum absolute atomic E-state index is 12.5. The van der Waals surface area contributed by atoms with E-state index >= 15 is 0 Å². The first-order chi connectivity index (χ1) is 8.50. The van der Waals surface area contributed by atoms with E-state index in [2.05, 4.69) is 5.32 Å². The van der Waals surface area contributed by atoms with Gasteiger partial charge in [0.15, 0.2) is 0 Å². The standard InChI is InChI=1S/C12H13F3N2O/c13-12(14,15)11(18)17-7-6-16-8-10(17)9-4-2-1-3-5-9/h1-5,10,16H,6-8H2. The monoisotopic (exact) mass is 258 g/mol. The van der Waals surface area contributed by atoms with Gasteiger partial charge in [0.2, 0.25) is 0 Å². The molecule has 0 bridgehead atoms. The number of rotatable bonds is 1. The summed E-state index contributed by atoms with van der Waals surface area (Å²) in [5.74, 6) is -1.77. The summed E-state index contributed by atoms with van der Waals surface area (Å²) in [6, 6.07) is 8.19. The second-order valence-corrected chi connectivity index (χ2v) is 4.13. The molecule has 0 radical (unpaired) electrons. The van der Waals surface area contributed by atoms with Crippen LogP contribution in [0.1, 0.15) is 11.6 Å². The molecule has 3 nitrogen and oxygen atoms in total. The molecule has 1 aliphatic rings. The summed E-state index contributed by atoms with van der Waals surface area (Å²) < 4.78 is 37.5. The Kier molecular flexibility index (Phi) is 3.56. The van der Waals surface area contributed by atoms with E-state index in [0.717, 1.165) is 4.90 Å². The van der Waals surface area contributed by atoms with Gasteiger partial charge in [-0.15, -0.1) is 0 Å². The number of benzene rings is 1. The Labute approximate surface area is 103 Å². The van der Waals surface area contributed by atoms with Gasteiger partial charge < -0.3 is 10.2 Å². The Morgan fingerprint density at radius 2 is 1.94 bits per heavy atom. The molecule has 0 aliphatic carbocycles. The molecular formula is C12H13F3N2O. The molecule has 1 fully saturated rings. The van der Waals surface area contributed by atoms with Crippen LogP contribution < -0.4 is 5.32 Å². The number of carbonyl (C=O) groups excluding carboxylic acids is 1. The van der Waals surface area contributed by atoms with Gasteiger partial charge in [-0.05, 0) is 5.56 Å². The fraction of sp³-hybridized carbons (Fsp3) is 0.417. The van der Waals surface area contributed by atoms with Crippen molar-refractivity contribution < 1.29 is 18.0 Å². The molecule has 1 aliphatic heterocycles. The van der Waals surface area contributed by atoms with Crippen LogP contribution in [0.25, 0.3) is 0 Å². The lowest BCUT2D eigenvalue weighted by Crippen LogP contribution is -2.52. The van der Waals surface area contributed by atoms with E-state index in [-0.39, 0.29) is 6.54 Å². The third kappa shape index (κ3) is 2.64. The minimum absolute atomic E-state index is 0.0674. The summed E-state index contributed by atoms with van der Waals surface area (Å²) in [5.41, 5.74) is 0.710. The normalized spacial score (nSPS) is 20.8. The highest BCUT2D eigenvalue weighted by atomic mass is 19.4. The predicted molar refractivity (Wildman–Crippen MR) is 59.8 cm³/mol. The third-order valence-electron chi connectivity index (χ3n) is 2.93. The largest absolute Gasteiger partial charge is 0.471 e. The lowest BCUT2D eigenvalue weighted by Gasteiger charge is -2.36. The van der Waals surface area contributed by atoms with Crippen LogP contribution in [0, 0.1) is 0 Å². The van der Waals surface area contributed by atoms with Crippen molar-refractivity contribution in [3.05, 3.63) is 35.9 Å². The number of alkyl halides is 3. The lowest BCUT2D eigenvalue weighted by atomic mass is 10.0. The Hall–Kier alpha value is -1.56. The maximum Gasteiger partial charge on any atom is 0.471 e. The van der Waals surface area contributed by atoms with E-state index < -0.39 is 18.1 Å². The first-order valence-corrected chi connectivity index (χ1v) is 5.63. The average molecular weight is 258 g/mol. The van der Waals surface area contributed by atoms with Gasteiger partial charge in [-0.2, -0.15) is 13.2 Å². The molecule has 1 amide bonds. The number of hydrogen-bond acceptors (Lipinski definition) is 2. The summed E-state index contributed by atoms with van der Waals surface area (Å²) in [6.45, 7) is 0.787. The van der Waals surface area contributed by atoms with E-state index in [4.69, 9.17) is 0 Å². The van der Waals surface area contributed by atoms with E-state index in [0.29, 0.717) is 18.7 Å². The molecule has 0 spiro atoms. The summed E-state index contributed by atoms with van der Waals surface area (Å²) in [4.78, 5) is 12.3. The van der Waals surface area contributed by atoms with Crippen LogP contribution in [0.4, 0.5) is 13.2 Å². The molecule has 1 heterocycles. The average Bonchev–Trinajstić information content (AvgIpc) is 2.38. The number of nitrogens with zero attached hydrogens (tertiary/aromatic N) is 1. The Bertz CT molecular complexity index is 419. The van der Waals surface area contributed by atoms with Gasteiger partial charge in [-0.1, -0.05) is 30.3 Å². The van der Waals surface area contributed by atoms with E-state index in [1.807, 2.05) is 0 Å². The van der Waals surface area contributed by atoms with Crippen LogP contribution in [-0.2, 0) is 4.79 Å². The molecular weight excluding hydrogens is 245 g/mol. The molecule has 0 aromatic heterocycles. The summed E-state index contributed by atoms with van der Waals surface area (Å²) in [6.07, 6.45) is -4.82. The topological polar surface area (TPSA) is 32.3 Å². The smallest absolute Gasteiger partial charge is 0.325 e. The molecule has 98 valence electrons. The minimum Gasteiger partial charge on any atom is -0.325 e. The first-order valence-electron chi connectivity index (χ1n) is 5.63. The number of amides is 1. The highest BCUT2D eigenvalue weighted by molar-refractivity contribution is 5.82. The minimum atomic E-state index is -4.82. The van der Waals surface area contributed by atoms with Crippen LogP contribution in [0.15, 0.2) is 30.3 Å². The summed E-state index contributed by atoms with van der Waals surface area (Å²) in [5, 5.41) is 3.01. The molecule has 18 heavy (non-hydrogen) atoms. The number of nitrogens with one attached hydrogen (secondary N) is 1. The van der Waals surface area contributed by atoms with Crippen molar-refractivity contribution in [2.45, 2.75) is 12.2 Å². The van der Waals surface area contributed by atoms with Crippen LogP contribution in [0.3, 0.4) is 0 Å². The van der Waals surface area contributed by atoms with E-state index in [1.54, 1.807) is 30.3 Å². The Balaban J connectivity index is 2.24. The van der Waals surface area contributed by atoms with E-state index in [1.165, 1.54) is 0 Å². The van der Waals surface area contributed by atoms with Crippen molar-refractivity contribution in [3.8, 4) is 0 Å². The van der Waals surface area contributed by atoms with Gasteiger partial charge in [0.25, 0.3) is 0 Å². The molecule has 6 heteroatoms.